The van der Waals surface area contributed by atoms with Crippen LogP contribution < -0.4 is 4.90 Å². The molecule has 1 aliphatic rings. The van der Waals surface area contributed by atoms with Crippen LogP contribution in [0.5, 0.6) is 0 Å². The fraction of sp³-hybridized carbons (Fsp3) is 0.250. The van der Waals surface area contributed by atoms with Gasteiger partial charge in [-0.15, -0.1) is 0 Å². The molecule has 1 heterocycles. The molecule has 0 unspecified atom stereocenters. The summed E-state index contributed by atoms with van der Waals surface area (Å²) in [5, 5.41) is 0.991. The van der Waals surface area contributed by atoms with Crippen LogP contribution in [0.25, 0.3) is 5.57 Å². The molecule has 0 saturated carbocycles. The van der Waals surface area contributed by atoms with Crippen LogP contribution in [0, 0.1) is 0 Å². The fourth-order valence-corrected chi connectivity index (χ4v) is 3.34. The van der Waals surface area contributed by atoms with E-state index in [2.05, 4.69) is 62.0 Å². The van der Waals surface area contributed by atoms with Gasteiger partial charge in [-0.2, -0.15) is 0 Å². The molecule has 1 aliphatic heterocycles. The highest BCUT2D eigenvalue weighted by Gasteiger charge is 2.28. The first-order chi connectivity index (χ1) is 11.3. The van der Waals surface area contributed by atoms with Crippen molar-refractivity contribution in [2.75, 3.05) is 11.9 Å². The van der Waals surface area contributed by atoms with Crippen LogP contribution in [-0.4, -0.2) is 18.8 Å². The highest BCUT2D eigenvalue weighted by atomic mass is 35.5. The van der Waals surface area contributed by atoms with Gasteiger partial charge in [0.25, 0.3) is 0 Å². The van der Waals surface area contributed by atoms with Crippen molar-refractivity contribution in [3.8, 4) is 0 Å². The zero-order valence-corrected chi connectivity index (χ0v) is 15.8. The Hall–Kier alpha value is -1.77. The van der Waals surface area contributed by atoms with Gasteiger partial charge in [0.1, 0.15) is 0 Å². The molecular formula is C20H20Cl2N2. The van der Waals surface area contributed by atoms with E-state index >= 15 is 0 Å². The van der Waals surface area contributed by atoms with Gasteiger partial charge in [-0.25, -0.2) is 0 Å². The molecule has 2 nitrogen and oxygen atoms in total. The highest BCUT2D eigenvalue weighted by Crippen LogP contribution is 2.38. The summed E-state index contributed by atoms with van der Waals surface area (Å²) in [7, 11) is 2.13. The summed E-state index contributed by atoms with van der Waals surface area (Å²) in [5.74, 6) is 0. The summed E-state index contributed by atoms with van der Waals surface area (Å²) in [4.78, 5) is 6.78. The molecule has 0 bridgehead atoms. The van der Waals surface area contributed by atoms with Gasteiger partial charge in [0, 0.05) is 24.5 Å². The lowest BCUT2D eigenvalue weighted by molar-refractivity contribution is 0.598. The van der Waals surface area contributed by atoms with Crippen molar-refractivity contribution in [2.45, 2.75) is 26.3 Å². The molecular weight excluding hydrogens is 339 g/mol. The number of allylic oxidation sites excluding steroid dienone is 1. The summed E-state index contributed by atoms with van der Waals surface area (Å²) >= 11 is 12.2. The Balaban J connectivity index is 1.97. The van der Waals surface area contributed by atoms with Gasteiger partial charge in [-0.05, 0) is 56.2 Å². The number of hydrogen-bond donors (Lipinski definition) is 0. The number of aliphatic imine (C=N–C) groups is 1. The van der Waals surface area contributed by atoms with Gasteiger partial charge >= 0.3 is 0 Å². The van der Waals surface area contributed by atoms with Gasteiger partial charge in [0.05, 0.1) is 21.3 Å². The van der Waals surface area contributed by atoms with Crippen LogP contribution in [0.1, 0.15) is 31.9 Å². The molecule has 0 spiro atoms. The summed E-state index contributed by atoms with van der Waals surface area (Å²) in [6.45, 7) is 6.59. The zero-order valence-electron chi connectivity index (χ0n) is 14.3. The first-order valence-electron chi connectivity index (χ1n) is 7.85. The van der Waals surface area contributed by atoms with E-state index in [0.29, 0.717) is 15.7 Å². The van der Waals surface area contributed by atoms with E-state index in [1.54, 1.807) is 6.07 Å². The Morgan fingerprint density at radius 1 is 1.12 bits per heavy atom. The van der Waals surface area contributed by atoms with Gasteiger partial charge < -0.3 is 4.90 Å². The van der Waals surface area contributed by atoms with Crippen molar-refractivity contribution in [2.24, 2.45) is 4.99 Å². The molecule has 0 fully saturated rings. The van der Waals surface area contributed by atoms with Crippen LogP contribution in [0.4, 0.5) is 11.4 Å². The van der Waals surface area contributed by atoms with Gasteiger partial charge in [-0.1, -0.05) is 41.4 Å². The van der Waals surface area contributed by atoms with Crippen molar-refractivity contribution in [1.82, 2.24) is 0 Å². The lowest BCUT2D eigenvalue weighted by Gasteiger charge is -2.40. The number of benzene rings is 2. The SMILES string of the molecule is CC1=CC(C)(C)N(C)c2ccc(C=Nc3cccc(Cl)c3Cl)cc21. The Morgan fingerprint density at radius 3 is 2.62 bits per heavy atom. The Kier molecular flexibility index (Phi) is 4.46. The molecule has 2 aromatic rings. The number of rotatable bonds is 2. The zero-order chi connectivity index (χ0) is 17.5. The molecule has 24 heavy (non-hydrogen) atoms. The molecule has 0 amide bonds. The van der Waals surface area contributed by atoms with Crippen LogP contribution in [0.15, 0.2) is 47.5 Å². The van der Waals surface area contributed by atoms with E-state index in [0.717, 1.165) is 5.56 Å². The minimum Gasteiger partial charge on any atom is -0.366 e. The maximum absolute atomic E-state index is 6.19. The predicted molar refractivity (Wildman–Crippen MR) is 106 cm³/mol. The highest BCUT2D eigenvalue weighted by molar-refractivity contribution is 6.43. The molecule has 0 saturated heterocycles. The van der Waals surface area contributed by atoms with Crippen molar-refractivity contribution in [1.29, 1.82) is 0 Å². The Morgan fingerprint density at radius 2 is 1.88 bits per heavy atom. The average Bonchev–Trinajstić information content (AvgIpc) is 2.54. The molecule has 0 N–H and O–H groups in total. The summed E-state index contributed by atoms with van der Waals surface area (Å²) < 4.78 is 0. The van der Waals surface area contributed by atoms with Crippen molar-refractivity contribution in [3.05, 3.63) is 63.6 Å². The standard InChI is InChI=1S/C20H20Cl2N2/c1-13-11-20(2,3)24(4)18-9-8-14(10-15(13)18)12-23-17-7-5-6-16(21)19(17)22/h5-12H,1-4H3. The number of anilines is 1. The number of likely N-dealkylation sites (N-methyl/N-ethyl adjacent to an activating group) is 1. The van der Waals surface area contributed by atoms with Crippen LogP contribution >= 0.6 is 23.2 Å². The smallest absolute Gasteiger partial charge is 0.0848 e. The van der Waals surface area contributed by atoms with E-state index in [1.807, 2.05) is 18.3 Å². The first kappa shape index (κ1) is 17.1. The molecule has 0 aromatic heterocycles. The number of hydrogen-bond acceptors (Lipinski definition) is 2. The Labute approximate surface area is 153 Å². The van der Waals surface area contributed by atoms with Crippen molar-refractivity contribution < 1.29 is 0 Å². The summed E-state index contributed by atoms with van der Waals surface area (Å²) in [6, 6.07) is 11.8. The molecule has 2 aromatic carbocycles. The molecule has 3 rings (SSSR count). The van der Waals surface area contributed by atoms with Gasteiger partial charge in [-0.3, -0.25) is 4.99 Å². The maximum Gasteiger partial charge on any atom is 0.0848 e. The minimum absolute atomic E-state index is 0.0149. The summed E-state index contributed by atoms with van der Waals surface area (Å²) in [5.41, 5.74) is 5.47. The number of nitrogens with zero attached hydrogens (tertiary/aromatic N) is 2. The van der Waals surface area contributed by atoms with Crippen LogP contribution in [0.2, 0.25) is 10.0 Å². The third kappa shape index (κ3) is 3.09. The molecule has 4 heteroatoms. The fourth-order valence-electron chi connectivity index (χ4n) is 2.99. The molecule has 0 aliphatic carbocycles. The van der Waals surface area contributed by atoms with E-state index < -0.39 is 0 Å². The second kappa shape index (κ2) is 6.27. The molecule has 124 valence electrons. The maximum atomic E-state index is 6.19. The van der Waals surface area contributed by atoms with E-state index in [9.17, 15) is 0 Å². The first-order valence-corrected chi connectivity index (χ1v) is 8.61. The second-order valence-corrected chi connectivity index (χ2v) is 7.43. The third-order valence-electron chi connectivity index (χ3n) is 4.52. The molecule has 0 atom stereocenters. The summed E-state index contributed by atoms with van der Waals surface area (Å²) in [6.07, 6.45) is 4.12. The normalized spacial score (nSPS) is 16.2. The van der Waals surface area contributed by atoms with Crippen LogP contribution in [0.3, 0.4) is 0 Å². The van der Waals surface area contributed by atoms with Gasteiger partial charge in [0.15, 0.2) is 0 Å². The van der Waals surface area contributed by atoms with Crippen LogP contribution in [-0.2, 0) is 0 Å². The van der Waals surface area contributed by atoms with Crippen molar-refractivity contribution in [3.63, 3.8) is 0 Å². The second-order valence-electron chi connectivity index (χ2n) is 6.65. The predicted octanol–water partition coefficient (Wildman–Crippen LogP) is 6.38. The topological polar surface area (TPSA) is 15.6 Å². The quantitative estimate of drug-likeness (QED) is 0.569. The monoisotopic (exact) mass is 358 g/mol. The largest absolute Gasteiger partial charge is 0.366 e. The van der Waals surface area contributed by atoms with E-state index in [1.165, 1.54) is 16.8 Å². The number of fused-ring (bicyclic) bond motifs is 1. The van der Waals surface area contributed by atoms with E-state index in [4.69, 9.17) is 23.2 Å². The molecule has 0 radical (unpaired) electrons. The van der Waals surface area contributed by atoms with E-state index in [-0.39, 0.29) is 5.54 Å². The lowest BCUT2D eigenvalue weighted by Crippen LogP contribution is -2.42. The van der Waals surface area contributed by atoms with Gasteiger partial charge in [0.2, 0.25) is 0 Å². The number of halogens is 2. The van der Waals surface area contributed by atoms with Crippen molar-refractivity contribution >= 4 is 46.4 Å². The minimum atomic E-state index is 0.0149. The average molecular weight is 359 g/mol. The third-order valence-corrected chi connectivity index (χ3v) is 5.33. The lowest BCUT2D eigenvalue weighted by atomic mass is 9.89. The Bertz CT molecular complexity index is 851.